The van der Waals surface area contributed by atoms with Crippen LogP contribution in [0.1, 0.15) is 11.3 Å². The van der Waals surface area contributed by atoms with Crippen molar-refractivity contribution in [1.29, 1.82) is 0 Å². The van der Waals surface area contributed by atoms with Gasteiger partial charge in [0.05, 0.1) is 18.8 Å². The van der Waals surface area contributed by atoms with Crippen LogP contribution in [0.25, 0.3) is 0 Å². The van der Waals surface area contributed by atoms with Gasteiger partial charge in [-0.1, -0.05) is 12.1 Å². The van der Waals surface area contributed by atoms with E-state index in [-0.39, 0.29) is 24.1 Å². The maximum Gasteiger partial charge on any atom is 0.433 e. The van der Waals surface area contributed by atoms with Gasteiger partial charge in [-0.2, -0.15) is 5.10 Å². The molecular formula is C14H14N4O4. The number of amides is 1. The zero-order valence-electron chi connectivity index (χ0n) is 11.8. The number of anilines is 1. The van der Waals surface area contributed by atoms with Crippen molar-refractivity contribution in [3.63, 3.8) is 0 Å². The van der Waals surface area contributed by atoms with Gasteiger partial charge in [0, 0.05) is 5.69 Å². The van der Waals surface area contributed by atoms with Crippen molar-refractivity contribution in [1.82, 2.24) is 5.43 Å². The SMILES string of the molecule is Cc1cccc(NCC(=O)NN=Cc2ccc([N+](=O)[O-])o2)c1. The summed E-state index contributed by atoms with van der Waals surface area (Å²) in [6, 6.07) is 10.2. The Balaban J connectivity index is 1.79. The highest BCUT2D eigenvalue weighted by Crippen LogP contribution is 2.13. The van der Waals surface area contributed by atoms with Gasteiger partial charge in [-0.05, 0) is 30.7 Å². The Morgan fingerprint density at radius 1 is 1.41 bits per heavy atom. The number of benzene rings is 1. The first-order chi connectivity index (χ1) is 10.5. The second-order valence-corrected chi connectivity index (χ2v) is 4.45. The summed E-state index contributed by atoms with van der Waals surface area (Å²) < 4.78 is 4.85. The van der Waals surface area contributed by atoms with Crippen LogP contribution in [0, 0.1) is 17.0 Å². The molecule has 0 spiro atoms. The first-order valence-electron chi connectivity index (χ1n) is 6.41. The predicted octanol–water partition coefficient (Wildman–Crippen LogP) is 2.06. The Bertz CT molecular complexity index is 708. The van der Waals surface area contributed by atoms with Crippen molar-refractivity contribution < 1.29 is 14.1 Å². The number of hydrogen-bond donors (Lipinski definition) is 2. The molecule has 0 bridgehead atoms. The first kappa shape index (κ1) is 15.2. The van der Waals surface area contributed by atoms with Crippen LogP contribution in [0.5, 0.6) is 0 Å². The highest BCUT2D eigenvalue weighted by molar-refractivity contribution is 5.83. The molecule has 0 aliphatic carbocycles. The molecule has 22 heavy (non-hydrogen) atoms. The number of nitrogens with one attached hydrogen (secondary N) is 2. The summed E-state index contributed by atoms with van der Waals surface area (Å²) in [7, 11) is 0. The van der Waals surface area contributed by atoms with Crippen LogP contribution in [-0.4, -0.2) is 23.6 Å². The van der Waals surface area contributed by atoms with E-state index in [4.69, 9.17) is 4.42 Å². The molecule has 2 rings (SSSR count). The second-order valence-electron chi connectivity index (χ2n) is 4.45. The monoisotopic (exact) mass is 302 g/mol. The molecule has 1 amide bonds. The van der Waals surface area contributed by atoms with Crippen LogP contribution in [0.15, 0.2) is 45.9 Å². The standard InChI is InChI=1S/C14H14N4O4/c1-10-3-2-4-11(7-10)15-9-13(19)17-16-8-12-5-6-14(22-12)18(20)21/h2-8,15H,9H2,1H3,(H,17,19). The van der Waals surface area contributed by atoms with E-state index in [0.29, 0.717) is 0 Å². The van der Waals surface area contributed by atoms with Crippen molar-refractivity contribution in [3.8, 4) is 0 Å². The van der Waals surface area contributed by atoms with E-state index in [1.807, 2.05) is 31.2 Å². The van der Waals surface area contributed by atoms with Gasteiger partial charge in [-0.25, -0.2) is 5.43 Å². The van der Waals surface area contributed by atoms with E-state index in [1.165, 1.54) is 18.3 Å². The van der Waals surface area contributed by atoms with Gasteiger partial charge >= 0.3 is 5.88 Å². The summed E-state index contributed by atoms with van der Waals surface area (Å²) in [4.78, 5) is 21.4. The van der Waals surface area contributed by atoms with Gasteiger partial charge < -0.3 is 9.73 Å². The lowest BCUT2D eigenvalue weighted by molar-refractivity contribution is -0.402. The second kappa shape index (κ2) is 7.02. The largest absolute Gasteiger partial charge is 0.433 e. The molecule has 0 aliphatic rings. The normalized spacial score (nSPS) is 10.6. The van der Waals surface area contributed by atoms with Crippen LogP contribution in [0.3, 0.4) is 0 Å². The molecule has 0 unspecified atom stereocenters. The molecule has 1 heterocycles. The number of nitro groups is 1. The van der Waals surface area contributed by atoms with Gasteiger partial charge in [0.25, 0.3) is 5.91 Å². The number of carbonyl (C=O) groups is 1. The lowest BCUT2D eigenvalue weighted by atomic mass is 10.2. The summed E-state index contributed by atoms with van der Waals surface area (Å²) in [5.74, 6) is -0.550. The molecule has 0 saturated heterocycles. The lowest BCUT2D eigenvalue weighted by Crippen LogP contribution is -2.25. The molecule has 114 valence electrons. The van der Waals surface area contributed by atoms with Crippen molar-refractivity contribution in [2.45, 2.75) is 6.92 Å². The molecule has 2 N–H and O–H groups in total. The minimum absolute atomic E-state index is 0.0547. The Hall–Kier alpha value is -3.16. The minimum atomic E-state index is -0.651. The number of furan rings is 1. The molecule has 1 aromatic carbocycles. The van der Waals surface area contributed by atoms with Crippen molar-refractivity contribution in [2.24, 2.45) is 5.10 Å². The first-order valence-corrected chi connectivity index (χ1v) is 6.41. The van der Waals surface area contributed by atoms with Gasteiger partial charge in [0.1, 0.15) is 4.92 Å². The summed E-state index contributed by atoms with van der Waals surface area (Å²) in [6.45, 7) is 2.01. The highest BCUT2D eigenvalue weighted by atomic mass is 16.6. The lowest BCUT2D eigenvalue weighted by Gasteiger charge is -2.05. The van der Waals surface area contributed by atoms with Gasteiger partial charge in [-0.15, -0.1) is 0 Å². The van der Waals surface area contributed by atoms with Crippen LogP contribution >= 0.6 is 0 Å². The zero-order valence-corrected chi connectivity index (χ0v) is 11.8. The van der Waals surface area contributed by atoms with Crippen LogP contribution in [-0.2, 0) is 4.79 Å². The summed E-state index contributed by atoms with van der Waals surface area (Å²) in [5.41, 5.74) is 4.21. The van der Waals surface area contributed by atoms with Crippen molar-refractivity contribution in [2.75, 3.05) is 11.9 Å². The van der Waals surface area contributed by atoms with Crippen molar-refractivity contribution >= 4 is 23.7 Å². The average molecular weight is 302 g/mol. The summed E-state index contributed by atoms with van der Waals surface area (Å²) in [6.07, 6.45) is 1.19. The molecule has 8 nitrogen and oxygen atoms in total. The van der Waals surface area contributed by atoms with E-state index in [9.17, 15) is 14.9 Å². The Morgan fingerprint density at radius 3 is 2.91 bits per heavy atom. The average Bonchev–Trinajstić information content (AvgIpc) is 2.94. The van der Waals surface area contributed by atoms with E-state index in [1.54, 1.807) is 0 Å². The third kappa shape index (κ3) is 4.44. The summed E-state index contributed by atoms with van der Waals surface area (Å²) in [5, 5.41) is 17.0. The number of nitrogens with zero attached hydrogens (tertiary/aromatic N) is 2. The summed E-state index contributed by atoms with van der Waals surface area (Å²) >= 11 is 0. The third-order valence-electron chi connectivity index (χ3n) is 2.64. The maximum atomic E-state index is 11.6. The topological polar surface area (TPSA) is 110 Å². The van der Waals surface area contributed by atoms with Gasteiger partial charge in [0.2, 0.25) is 0 Å². The minimum Gasteiger partial charge on any atom is -0.400 e. The van der Waals surface area contributed by atoms with Crippen molar-refractivity contribution in [3.05, 3.63) is 57.8 Å². The van der Waals surface area contributed by atoms with Gasteiger partial charge in [0.15, 0.2) is 5.76 Å². The van der Waals surface area contributed by atoms with E-state index < -0.39 is 4.92 Å². The third-order valence-corrected chi connectivity index (χ3v) is 2.64. The van der Waals surface area contributed by atoms with Gasteiger partial charge in [-0.3, -0.25) is 14.9 Å². The fourth-order valence-electron chi connectivity index (χ4n) is 1.65. The molecule has 0 radical (unpaired) electrons. The molecule has 0 saturated carbocycles. The van der Waals surface area contributed by atoms with E-state index >= 15 is 0 Å². The molecule has 8 heteroatoms. The molecule has 0 aliphatic heterocycles. The van der Waals surface area contributed by atoms with Crippen LogP contribution in [0.2, 0.25) is 0 Å². The fraction of sp³-hybridized carbons (Fsp3) is 0.143. The quantitative estimate of drug-likeness (QED) is 0.482. The number of rotatable bonds is 6. The Labute approximate surface area is 126 Å². The predicted molar refractivity (Wildman–Crippen MR) is 80.8 cm³/mol. The molecule has 1 aromatic heterocycles. The van der Waals surface area contributed by atoms with E-state index in [2.05, 4.69) is 15.8 Å². The Kier molecular flexibility index (Phi) is 4.86. The molecule has 0 fully saturated rings. The van der Waals surface area contributed by atoms with Crippen LogP contribution in [0.4, 0.5) is 11.6 Å². The smallest absolute Gasteiger partial charge is 0.400 e. The Morgan fingerprint density at radius 2 is 2.23 bits per heavy atom. The maximum absolute atomic E-state index is 11.6. The molecule has 2 aromatic rings. The molecular weight excluding hydrogens is 288 g/mol. The highest BCUT2D eigenvalue weighted by Gasteiger charge is 2.10. The number of aryl methyl sites for hydroxylation is 1. The number of hydrazone groups is 1. The van der Waals surface area contributed by atoms with Crippen LogP contribution < -0.4 is 10.7 Å². The fourth-order valence-corrected chi connectivity index (χ4v) is 1.65. The van der Waals surface area contributed by atoms with E-state index in [0.717, 1.165) is 11.3 Å². The number of carbonyl (C=O) groups excluding carboxylic acids is 1. The molecule has 0 atom stereocenters. The number of hydrogen-bond acceptors (Lipinski definition) is 6. The zero-order chi connectivity index (χ0) is 15.9.